The summed E-state index contributed by atoms with van der Waals surface area (Å²) >= 11 is 0. The first kappa shape index (κ1) is 19.1. The monoisotopic (exact) mass is 383 g/mol. The first-order valence-corrected chi connectivity index (χ1v) is 10.1. The molecule has 5 heteroatoms. The van der Waals surface area contributed by atoms with E-state index in [0.717, 1.165) is 60.9 Å². The molecule has 4 rings (SSSR count). The number of rotatable bonds is 6. The van der Waals surface area contributed by atoms with Crippen molar-refractivity contribution in [2.75, 3.05) is 33.4 Å². The van der Waals surface area contributed by atoms with Gasteiger partial charge in [-0.3, -0.25) is 4.90 Å². The van der Waals surface area contributed by atoms with Crippen LogP contribution in [0.15, 0.2) is 36.4 Å². The molecule has 1 N–H and O–H groups in total. The second kappa shape index (κ2) is 8.84. The Labute approximate surface area is 166 Å². The third-order valence-electron chi connectivity index (χ3n) is 5.64. The number of hydrogen-bond acceptors (Lipinski definition) is 5. The third kappa shape index (κ3) is 4.42. The number of likely N-dealkylation sites (tertiary alicyclic amines) is 1. The number of methoxy groups -OCH3 is 1. The van der Waals surface area contributed by atoms with Crippen molar-refractivity contribution >= 4 is 0 Å². The van der Waals surface area contributed by atoms with Gasteiger partial charge in [-0.2, -0.15) is 0 Å². The van der Waals surface area contributed by atoms with Crippen molar-refractivity contribution in [3.63, 3.8) is 0 Å². The van der Waals surface area contributed by atoms with Crippen LogP contribution in [0.4, 0.5) is 0 Å². The summed E-state index contributed by atoms with van der Waals surface area (Å²) in [4.78, 5) is 2.49. The van der Waals surface area contributed by atoms with Gasteiger partial charge in [-0.25, -0.2) is 0 Å². The molecule has 1 atom stereocenters. The summed E-state index contributed by atoms with van der Waals surface area (Å²) in [5.74, 6) is 3.13. The molecular formula is C23H29NO4. The largest absolute Gasteiger partial charge is 0.496 e. The van der Waals surface area contributed by atoms with Crippen LogP contribution < -0.4 is 14.2 Å². The van der Waals surface area contributed by atoms with E-state index in [9.17, 15) is 5.11 Å². The standard InChI is InChI=1S/C23H29NO4/c1-26-21-13-23-22(27-9-2-10-28-23)12-20(21)15-24-8-7-19(14-24)11-17-3-5-18(16-25)6-4-17/h3-6,12-13,19,25H,2,7-11,14-16H2,1H3. The molecule has 2 aliphatic rings. The van der Waals surface area contributed by atoms with Crippen LogP contribution in [0.25, 0.3) is 0 Å². The Bertz CT molecular complexity index is 790. The maximum Gasteiger partial charge on any atom is 0.164 e. The minimum absolute atomic E-state index is 0.106. The summed E-state index contributed by atoms with van der Waals surface area (Å²) in [6.45, 7) is 4.52. The second-order valence-corrected chi connectivity index (χ2v) is 7.73. The fraction of sp³-hybridized carbons (Fsp3) is 0.478. The zero-order valence-corrected chi connectivity index (χ0v) is 16.5. The van der Waals surface area contributed by atoms with Gasteiger partial charge in [0.2, 0.25) is 0 Å². The topological polar surface area (TPSA) is 51.2 Å². The van der Waals surface area contributed by atoms with Crippen LogP contribution in [0.5, 0.6) is 17.2 Å². The van der Waals surface area contributed by atoms with Crippen molar-refractivity contribution in [2.45, 2.75) is 32.4 Å². The van der Waals surface area contributed by atoms with Crippen LogP contribution >= 0.6 is 0 Å². The van der Waals surface area contributed by atoms with Crippen molar-refractivity contribution in [1.82, 2.24) is 4.90 Å². The Morgan fingerprint density at radius 1 is 1.07 bits per heavy atom. The summed E-state index contributed by atoms with van der Waals surface area (Å²) in [5, 5.41) is 9.19. The molecule has 0 saturated carbocycles. The van der Waals surface area contributed by atoms with Crippen molar-refractivity contribution in [2.24, 2.45) is 5.92 Å². The predicted octanol–water partition coefficient (Wildman–Crippen LogP) is 3.41. The lowest BCUT2D eigenvalue weighted by Crippen LogP contribution is -2.21. The number of aliphatic hydroxyl groups is 1. The molecule has 1 saturated heterocycles. The molecule has 2 aromatic carbocycles. The first-order valence-electron chi connectivity index (χ1n) is 10.1. The van der Waals surface area contributed by atoms with Gasteiger partial charge in [0.25, 0.3) is 0 Å². The van der Waals surface area contributed by atoms with Gasteiger partial charge in [0.1, 0.15) is 5.75 Å². The number of fused-ring (bicyclic) bond motifs is 1. The normalized spacial score (nSPS) is 19.4. The Morgan fingerprint density at radius 2 is 1.79 bits per heavy atom. The molecule has 5 nitrogen and oxygen atoms in total. The van der Waals surface area contributed by atoms with Gasteiger partial charge in [0, 0.05) is 31.1 Å². The minimum atomic E-state index is 0.106. The summed E-state index contributed by atoms with van der Waals surface area (Å²) in [6.07, 6.45) is 3.19. The number of benzene rings is 2. The van der Waals surface area contributed by atoms with E-state index in [4.69, 9.17) is 14.2 Å². The van der Waals surface area contributed by atoms with Gasteiger partial charge in [-0.05, 0) is 42.5 Å². The lowest BCUT2D eigenvalue weighted by atomic mass is 9.98. The average molecular weight is 383 g/mol. The van der Waals surface area contributed by atoms with Gasteiger partial charge in [0.15, 0.2) is 11.5 Å². The Balaban J connectivity index is 1.40. The van der Waals surface area contributed by atoms with Crippen LogP contribution in [0, 0.1) is 5.92 Å². The smallest absolute Gasteiger partial charge is 0.164 e. The number of aliphatic hydroxyl groups excluding tert-OH is 1. The fourth-order valence-electron chi connectivity index (χ4n) is 4.12. The fourth-order valence-corrected chi connectivity index (χ4v) is 4.12. The second-order valence-electron chi connectivity index (χ2n) is 7.73. The average Bonchev–Trinajstić information content (AvgIpc) is 3.03. The highest BCUT2D eigenvalue weighted by molar-refractivity contribution is 5.51. The molecule has 1 unspecified atom stereocenters. The minimum Gasteiger partial charge on any atom is -0.496 e. The van der Waals surface area contributed by atoms with Crippen molar-refractivity contribution in [3.05, 3.63) is 53.1 Å². The van der Waals surface area contributed by atoms with Gasteiger partial charge in [0.05, 0.1) is 26.9 Å². The van der Waals surface area contributed by atoms with E-state index in [0.29, 0.717) is 19.1 Å². The summed E-state index contributed by atoms with van der Waals surface area (Å²) in [5.41, 5.74) is 3.47. The Hall–Kier alpha value is -2.24. The highest BCUT2D eigenvalue weighted by atomic mass is 16.5. The van der Waals surface area contributed by atoms with E-state index in [1.807, 2.05) is 18.2 Å². The van der Waals surface area contributed by atoms with Gasteiger partial charge >= 0.3 is 0 Å². The van der Waals surface area contributed by atoms with Crippen LogP contribution in [0.2, 0.25) is 0 Å². The Morgan fingerprint density at radius 3 is 2.50 bits per heavy atom. The molecule has 1 fully saturated rings. The van der Waals surface area contributed by atoms with Gasteiger partial charge in [-0.15, -0.1) is 0 Å². The number of nitrogens with zero attached hydrogens (tertiary/aromatic N) is 1. The zero-order valence-electron chi connectivity index (χ0n) is 16.5. The summed E-state index contributed by atoms with van der Waals surface area (Å²) in [6, 6.07) is 12.4. The molecule has 0 aliphatic carbocycles. The van der Waals surface area contributed by atoms with Crippen LogP contribution in [0.1, 0.15) is 29.5 Å². The Kier molecular flexibility index (Phi) is 6.03. The molecule has 150 valence electrons. The highest BCUT2D eigenvalue weighted by Crippen LogP contribution is 2.37. The van der Waals surface area contributed by atoms with Crippen LogP contribution in [0.3, 0.4) is 0 Å². The maximum absolute atomic E-state index is 9.19. The lowest BCUT2D eigenvalue weighted by molar-refractivity contribution is 0.282. The molecule has 0 radical (unpaired) electrons. The molecule has 2 aromatic rings. The van der Waals surface area contributed by atoms with Gasteiger partial charge < -0.3 is 19.3 Å². The predicted molar refractivity (Wildman–Crippen MR) is 108 cm³/mol. The van der Waals surface area contributed by atoms with E-state index in [2.05, 4.69) is 23.1 Å². The molecule has 0 spiro atoms. The van der Waals surface area contributed by atoms with E-state index in [-0.39, 0.29) is 6.61 Å². The molecular weight excluding hydrogens is 354 g/mol. The van der Waals surface area contributed by atoms with E-state index >= 15 is 0 Å². The quantitative estimate of drug-likeness (QED) is 0.828. The highest BCUT2D eigenvalue weighted by Gasteiger charge is 2.24. The SMILES string of the molecule is COc1cc2c(cc1CN1CCC(Cc3ccc(CO)cc3)C1)OCCCO2. The molecule has 0 aromatic heterocycles. The van der Waals surface area contributed by atoms with Crippen molar-refractivity contribution in [1.29, 1.82) is 0 Å². The number of hydrogen-bond donors (Lipinski definition) is 1. The molecule has 0 amide bonds. The molecule has 2 heterocycles. The lowest BCUT2D eigenvalue weighted by Gasteiger charge is -2.20. The molecule has 28 heavy (non-hydrogen) atoms. The van der Waals surface area contributed by atoms with Crippen molar-refractivity contribution < 1.29 is 19.3 Å². The van der Waals surface area contributed by atoms with Crippen LogP contribution in [-0.2, 0) is 19.6 Å². The van der Waals surface area contributed by atoms with Crippen LogP contribution in [-0.4, -0.2) is 43.4 Å². The van der Waals surface area contributed by atoms with Crippen molar-refractivity contribution in [3.8, 4) is 17.2 Å². The van der Waals surface area contributed by atoms with Gasteiger partial charge in [-0.1, -0.05) is 24.3 Å². The number of ether oxygens (including phenoxy) is 3. The first-order chi connectivity index (χ1) is 13.7. The van der Waals surface area contributed by atoms with E-state index in [1.165, 1.54) is 12.0 Å². The molecule has 2 aliphatic heterocycles. The maximum atomic E-state index is 9.19. The summed E-state index contributed by atoms with van der Waals surface area (Å²) < 4.78 is 17.3. The summed E-state index contributed by atoms with van der Waals surface area (Å²) in [7, 11) is 1.71. The molecule has 0 bridgehead atoms. The van der Waals surface area contributed by atoms with E-state index in [1.54, 1.807) is 7.11 Å². The third-order valence-corrected chi connectivity index (χ3v) is 5.64. The van der Waals surface area contributed by atoms with E-state index < -0.39 is 0 Å². The zero-order chi connectivity index (χ0) is 19.3.